The van der Waals surface area contributed by atoms with Crippen molar-refractivity contribution < 1.29 is 9.84 Å². The van der Waals surface area contributed by atoms with E-state index in [0.29, 0.717) is 12.4 Å². The molecule has 1 N–H and O–H groups in total. The summed E-state index contributed by atoms with van der Waals surface area (Å²) in [5.41, 5.74) is 3.68. The van der Waals surface area contributed by atoms with Gasteiger partial charge in [0.15, 0.2) is 0 Å². The van der Waals surface area contributed by atoms with E-state index in [1.165, 1.54) is 11.1 Å². The Kier molecular flexibility index (Phi) is 3.73. The largest absolute Gasteiger partial charge is 0.508 e. The van der Waals surface area contributed by atoms with Gasteiger partial charge in [-0.05, 0) is 47.7 Å². The first kappa shape index (κ1) is 12.8. The van der Waals surface area contributed by atoms with Crippen LogP contribution in [-0.2, 0) is 6.42 Å². The molecule has 2 aromatic carbocycles. The lowest BCUT2D eigenvalue weighted by Gasteiger charge is -2.10. The molecular weight excluding hydrogens is 248 g/mol. The highest BCUT2D eigenvalue weighted by molar-refractivity contribution is 5.65. The molecule has 3 rings (SSSR count). The lowest BCUT2D eigenvalue weighted by atomic mass is 10.0. The molecule has 0 saturated carbocycles. The first-order valence-corrected chi connectivity index (χ1v) is 7.02. The fraction of sp³-hybridized carbons (Fsp3) is 0.222. The number of hydrogen-bond acceptors (Lipinski definition) is 2. The fourth-order valence-electron chi connectivity index (χ4n) is 2.59. The quantitative estimate of drug-likeness (QED) is 0.838. The normalized spacial score (nSPS) is 17.7. The Bertz CT molecular complexity index is 615. The molecule has 2 heteroatoms. The van der Waals surface area contributed by atoms with E-state index in [1.54, 1.807) is 12.1 Å². The van der Waals surface area contributed by atoms with Gasteiger partial charge in [0.05, 0.1) is 6.61 Å². The van der Waals surface area contributed by atoms with Crippen LogP contribution in [0, 0.1) is 0 Å². The number of hydrogen-bond donors (Lipinski definition) is 1. The maximum absolute atomic E-state index is 9.58. The van der Waals surface area contributed by atoms with Crippen LogP contribution in [0.2, 0.25) is 0 Å². The lowest BCUT2D eigenvalue weighted by Crippen LogP contribution is -2.00. The monoisotopic (exact) mass is 266 g/mol. The summed E-state index contributed by atoms with van der Waals surface area (Å²) in [6.45, 7) is 0.665. The van der Waals surface area contributed by atoms with E-state index in [4.69, 9.17) is 4.74 Å². The van der Waals surface area contributed by atoms with Crippen LogP contribution in [0.3, 0.4) is 0 Å². The minimum atomic E-state index is 0.304. The summed E-state index contributed by atoms with van der Waals surface area (Å²) >= 11 is 0. The predicted molar refractivity (Wildman–Crippen MR) is 81.0 cm³/mol. The molecule has 0 amide bonds. The Morgan fingerprint density at radius 1 is 0.950 bits per heavy atom. The van der Waals surface area contributed by atoms with Crippen molar-refractivity contribution >= 4 is 5.57 Å². The van der Waals surface area contributed by atoms with Crippen LogP contribution in [-0.4, -0.2) is 11.7 Å². The Morgan fingerprint density at radius 3 is 2.65 bits per heavy atom. The van der Waals surface area contributed by atoms with Gasteiger partial charge in [0.2, 0.25) is 0 Å². The van der Waals surface area contributed by atoms with Crippen molar-refractivity contribution in [2.75, 3.05) is 6.61 Å². The topological polar surface area (TPSA) is 29.5 Å². The van der Waals surface area contributed by atoms with Crippen LogP contribution in [0.25, 0.3) is 5.57 Å². The van der Waals surface area contributed by atoms with Crippen LogP contribution in [0.5, 0.6) is 11.5 Å². The first-order valence-electron chi connectivity index (χ1n) is 7.02. The highest BCUT2D eigenvalue weighted by Gasteiger charge is 2.09. The van der Waals surface area contributed by atoms with Gasteiger partial charge in [-0.2, -0.15) is 0 Å². The molecule has 0 spiro atoms. The molecular formula is C18H18O2. The van der Waals surface area contributed by atoms with Crippen molar-refractivity contribution in [1.29, 1.82) is 0 Å². The number of allylic oxidation sites excluding steroid dienone is 1. The second-order valence-electron chi connectivity index (χ2n) is 5.02. The van der Waals surface area contributed by atoms with Gasteiger partial charge in [-0.15, -0.1) is 0 Å². The number of aromatic hydroxyl groups is 1. The minimum absolute atomic E-state index is 0.304. The van der Waals surface area contributed by atoms with E-state index >= 15 is 0 Å². The smallest absolute Gasteiger partial charge is 0.122 e. The average molecular weight is 266 g/mol. The third-order valence-corrected chi connectivity index (χ3v) is 3.62. The second kappa shape index (κ2) is 5.83. The highest BCUT2D eigenvalue weighted by atomic mass is 16.5. The van der Waals surface area contributed by atoms with Crippen molar-refractivity contribution in [1.82, 2.24) is 0 Å². The molecule has 2 nitrogen and oxygen atoms in total. The molecule has 0 radical (unpaired) electrons. The third kappa shape index (κ3) is 2.85. The highest BCUT2D eigenvalue weighted by Crippen LogP contribution is 2.28. The molecule has 1 aliphatic heterocycles. The van der Waals surface area contributed by atoms with Crippen LogP contribution in [0.4, 0.5) is 0 Å². The SMILES string of the molecule is Oc1ccc2c(c1)CC/C=C(/c1ccccc1)CCO2. The zero-order chi connectivity index (χ0) is 13.8. The van der Waals surface area contributed by atoms with Gasteiger partial charge >= 0.3 is 0 Å². The summed E-state index contributed by atoms with van der Waals surface area (Å²) < 4.78 is 5.86. The van der Waals surface area contributed by atoms with Crippen molar-refractivity contribution in [3.8, 4) is 11.5 Å². The zero-order valence-corrected chi connectivity index (χ0v) is 11.4. The van der Waals surface area contributed by atoms with Gasteiger partial charge in [-0.1, -0.05) is 36.4 Å². The standard InChI is InChI=1S/C18H18O2/c19-17-9-10-18-16(13-17)8-4-7-15(11-12-20-18)14-5-2-1-3-6-14/h1-3,5-7,9-10,13,19H,4,8,11-12H2/b15-7+. The van der Waals surface area contributed by atoms with E-state index in [2.05, 4.69) is 30.3 Å². The number of aryl methyl sites for hydroxylation is 1. The molecule has 0 saturated heterocycles. The van der Waals surface area contributed by atoms with Crippen LogP contribution in [0.1, 0.15) is 24.0 Å². The van der Waals surface area contributed by atoms with Crippen LogP contribution >= 0.6 is 0 Å². The van der Waals surface area contributed by atoms with E-state index in [9.17, 15) is 5.11 Å². The summed E-state index contributed by atoms with van der Waals surface area (Å²) in [4.78, 5) is 0. The summed E-state index contributed by atoms with van der Waals surface area (Å²) in [5, 5.41) is 9.58. The van der Waals surface area contributed by atoms with E-state index < -0.39 is 0 Å². The molecule has 0 unspecified atom stereocenters. The maximum Gasteiger partial charge on any atom is 0.122 e. The zero-order valence-electron chi connectivity index (χ0n) is 11.4. The van der Waals surface area contributed by atoms with Gasteiger partial charge in [0.25, 0.3) is 0 Å². The third-order valence-electron chi connectivity index (χ3n) is 3.62. The Labute approximate surface area is 119 Å². The fourth-order valence-corrected chi connectivity index (χ4v) is 2.59. The molecule has 0 bridgehead atoms. The maximum atomic E-state index is 9.58. The molecule has 20 heavy (non-hydrogen) atoms. The number of phenols is 1. The number of phenolic OH excluding ortho intramolecular Hbond substituents is 1. The Hall–Kier alpha value is -2.22. The van der Waals surface area contributed by atoms with Gasteiger partial charge in [-0.25, -0.2) is 0 Å². The second-order valence-corrected chi connectivity index (χ2v) is 5.02. The lowest BCUT2D eigenvalue weighted by molar-refractivity contribution is 0.323. The molecule has 1 aliphatic rings. The van der Waals surface area contributed by atoms with Crippen LogP contribution < -0.4 is 4.74 Å². The molecule has 2 aromatic rings. The van der Waals surface area contributed by atoms with Crippen molar-refractivity contribution in [3.05, 3.63) is 65.7 Å². The van der Waals surface area contributed by atoms with E-state index in [1.807, 2.05) is 12.1 Å². The Morgan fingerprint density at radius 2 is 1.80 bits per heavy atom. The summed E-state index contributed by atoms with van der Waals surface area (Å²) in [5.74, 6) is 1.20. The number of benzene rings is 2. The predicted octanol–water partition coefficient (Wildman–Crippen LogP) is 4.19. The first-order chi connectivity index (χ1) is 9.83. The average Bonchev–Trinajstić information content (AvgIpc) is 2.58. The molecule has 0 aliphatic carbocycles. The van der Waals surface area contributed by atoms with Gasteiger partial charge in [-0.3, -0.25) is 0 Å². The molecule has 0 fully saturated rings. The van der Waals surface area contributed by atoms with Crippen LogP contribution in [0.15, 0.2) is 54.6 Å². The number of rotatable bonds is 1. The summed E-state index contributed by atoms with van der Waals surface area (Å²) in [6.07, 6.45) is 5.05. The summed E-state index contributed by atoms with van der Waals surface area (Å²) in [7, 11) is 0. The van der Waals surface area contributed by atoms with Crippen molar-refractivity contribution in [2.45, 2.75) is 19.3 Å². The minimum Gasteiger partial charge on any atom is -0.508 e. The van der Waals surface area contributed by atoms with Gasteiger partial charge in [0, 0.05) is 6.42 Å². The molecule has 1 heterocycles. The van der Waals surface area contributed by atoms with Crippen molar-refractivity contribution in [3.63, 3.8) is 0 Å². The van der Waals surface area contributed by atoms with Gasteiger partial charge < -0.3 is 9.84 Å². The number of fused-ring (bicyclic) bond motifs is 1. The Balaban J connectivity index is 1.83. The van der Waals surface area contributed by atoms with Crippen molar-refractivity contribution in [2.24, 2.45) is 0 Å². The van der Waals surface area contributed by atoms with E-state index in [-0.39, 0.29) is 0 Å². The molecule has 0 aromatic heterocycles. The molecule has 0 atom stereocenters. The van der Waals surface area contributed by atoms with Gasteiger partial charge in [0.1, 0.15) is 11.5 Å². The summed E-state index contributed by atoms with van der Waals surface area (Å²) in [6, 6.07) is 15.8. The van der Waals surface area contributed by atoms with E-state index in [0.717, 1.165) is 30.6 Å². The molecule has 102 valence electrons. The number of ether oxygens (including phenoxy) is 1.